The van der Waals surface area contributed by atoms with Crippen LogP contribution in [0.5, 0.6) is 0 Å². The summed E-state index contributed by atoms with van der Waals surface area (Å²) in [6.07, 6.45) is 2.54. The van der Waals surface area contributed by atoms with E-state index in [4.69, 9.17) is 5.26 Å². The molecule has 1 unspecified atom stereocenters. The average Bonchev–Trinajstić information content (AvgIpc) is 3.02. The lowest BCUT2D eigenvalue weighted by atomic mass is 10.1. The van der Waals surface area contributed by atoms with Crippen LogP contribution in [-0.2, 0) is 6.54 Å². The van der Waals surface area contributed by atoms with Gasteiger partial charge in [0.05, 0.1) is 11.6 Å². The van der Waals surface area contributed by atoms with Crippen LogP contribution in [0.3, 0.4) is 0 Å². The van der Waals surface area contributed by atoms with E-state index >= 15 is 0 Å². The number of likely N-dealkylation sites (N-methyl/N-ethyl adjacent to an activating group) is 1. The lowest BCUT2D eigenvalue weighted by molar-refractivity contribution is 0.267. The Morgan fingerprint density at radius 2 is 2.26 bits per heavy atom. The summed E-state index contributed by atoms with van der Waals surface area (Å²) in [6.45, 7) is 6.12. The first-order chi connectivity index (χ1) is 10.8. The lowest BCUT2D eigenvalue weighted by Crippen LogP contribution is -2.44. The van der Waals surface area contributed by atoms with E-state index in [0.717, 1.165) is 24.6 Å². The molecule has 0 aliphatic carbocycles. The highest BCUT2D eigenvalue weighted by atomic mass is 127. The van der Waals surface area contributed by atoms with Gasteiger partial charge in [-0.15, -0.1) is 24.0 Å². The summed E-state index contributed by atoms with van der Waals surface area (Å²) < 4.78 is 0. The van der Waals surface area contributed by atoms with Crippen LogP contribution in [0.15, 0.2) is 29.3 Å². The molecular weight excluding hydrogens is 401 g/mol. The van der Waals surface area contributed by atoms with Crippen molar-refractivity contribution in [3.05, 3.63) is 35.4 Å². The molecule has 1 aromatic rings. The van der Waals surface area contributed by atoms with Gasteiger partial charge in [-0.2, -0.15) is 5.26 Å². The highest BCUT2D eigenvalue weighted by Gasteiger charge is 2.22. The van der Waals surface area contributed by atoms with Crippen molar-refractivity contribution in [2.75, 3.05) is 26.7 Å². The van der Waals surface area contributed by atoms with Crippen molar-refractivity contribution in [2.24, 2.45) is 4.99 Å². The van der Waals surface area contributed by atoms with E-state index in [-0.39, 0.29) is 24.0 Å². The molecule has 1 aromatic carbocycles. The maximum Gasteiger partial charge on any atom is 0.191 e. The number of hydrogen-bond donors (Lipinski definition) is 2. The SMILES string of the molecule is CCN1CCCC1CNC(=NC)NCc1cccc(C#N)c1.I. The Kier molecular flexibility index (Phi) is 8.95. The number of nitrogens with one attached hydrogen (secondary N) is 2. The molecule has 6 heteroatoms. The van der Waals surface area contributed by atoms with Gasteiger partial charge in [-0.3, -0.25) is 9.89 Å². The first-order valence-corrected chi connectivity index (χ1v) is 7.94. The number of guanidine groups is 1. The third-order valence-electron chi connectivity index (χ3n) is 4.15. The second kappa shape index (κ2) is 10.4. The monoisotopic (exact) mass is 427 g/mol. The topological polar surface area (TPSA) is 63.4 Å². The maximum atomic E-state index is 8.93. The van der Waals surface area contributed by atoms with E-state index in [1.165, 1.54) is 19.4 Å². The fourth-order valence-corrected chi connectivity index (χ4v) is 2.91. The predicted molar refractivity (Wildman–Crippen MR) is 105 cm³/mol. The average molecular weight is 427 g/mol. The molecule has 2 rings (SSSR count). The van der Waals surface area contributed by atoms with Crippen molar-refractivity contribution in [3.63, 3.8) is 0 Å². The highest BCUT2D eigenvalue weighted by molar-refractivity contribution is 14.0. The van der Waals surface area contributed by atoms with E-state index in [2.05, 4.69) is 33.5 Å². The number of aliphatic imine (C=N–C) groups is 1. The molecule has 2 N–H and O–H groups in total. The second-order valence-corrected chi connectivity index (χ2v) is 5.54. The van der Waals surface area contributed by atoms with Crippen molar-refractivity contribution >= 4 is 29.9 Å². The van der Waals surface area contributed by atoms with Crippen LogP contribution >= 0.6 is 24.0 Å². The standard InChI is InChI=1S/C17H25N5.HI/c1-3-22-9-5-8-16(22)13-21-17(19-2)20-12-15-7-4-6-14(10-15)11-18;/h4,6-7,10,16H,3,5,8-9,12-13H2,1-2H3,(H2,19,20,21);1H. The fourth-order valence-electron chi connectivity index (χ4n) is 2.91. The van der Waals surface area contributed by atoms with Crippen LogP contribution in [0, 0.1) is 11.3 Å². The zero-order valence-electron chi connectivity index (χ0n) is 13.9. The zero-order valence-corrected chi connectivity index (χ0v) is 16.2. The minimum Gasteiger partial charge on any atom is -0.355 e. The summed E-state index contributed by atoms with van der Waals surface area (Å²) >= 11 is 0. The molecule has 0 bridgehead atoms. The van der Waals surface area contributed by atoms with E-state index in [1.807, 2.05) is 24.3 Å². The minimum absolute atomic E-state index is 0. The number of benzene rings is 1. The zero-order chi connectivity index (χ0) is 15.8. The Morgan fingerprint density at radius 1 is 1.43 bits per heavy atom. The Labute approximate surface area is 156 Å². The predicted octanol–water partition coefficient (Wildman–Crippen LogP) is 2.33. The molecule has 1 aliphatic rings. The van der Waals surface area contributed by atoms with E-state index in [0.29, 0.717) is 18.2 Å². The molecule has 0 saturated carbocycles. The summed E-state index contributed by atoms with van der Waals surface area (Å²) in [4.78, 5) is 6.78. The molecule has 0 amide bonds. The van der Waals surface area contributed by atoms with Gasteiger partial charge < -0.3 is 10.6 Å². The third-order valence-corrected chi connectivity index (χ3v) is 4.15. The number of hydrogen-bond acceptors (Lipinski definition) is 3. The summed E-state index contributed by atoms with van der Waals surface area (Å²) in [6, 6.07) is 10.4. The van der Waals surface area contributed by atoms with Crippen LogP contribution in [0.25, 0.3) is 0 Å². The van der Waals surface area contributed by atoms with Gasteiger partial charge in [0.2, 0.25) is 0 Å². The Bertz CT molecular complexity index is 552. The smallest absolute Gasteiger partial charge is 0.191 e. The molecule has 1 atom stereocenters. The molecule has 126 valence electrons. The van der Waals surface area contributed by atoms with Gasteiger partial charge in [0.25, 0.3) is 0 Å². The number of likely N-dealkylation sites (tertiary alicyclic amines) is 1. The molecule has 1 fully saturated rings. The number of halogens is 1. The molecule has 1 heterocycles. The number of rotatable bonds is 5. The van der Waals surface area contributed by atoms with Crippen LogP contribution in [0.1, 0.15) is 30.9 Å². The fraction of sp³-hybridized carbons (Fsp3) is 0.529. The summed E-state index contributed by atoms with van der Waals surface area (Å²) in [5.41, 5.74) is 1.77. The second-order valence-electron chi connectivity index (χ2n) is 5.54. The Balaban J connectivity index is 0.00000264. The first-order valence-electron chi connectivity index (χ1n) is 7.94. The van der Waals surface area contributed by atoms with Gasteiger partial charge in [-0.25, -0.2) is 0 Å². The normalized spacial score (nSPS) is 18.1. The van der Waals surface area contributed by atoms with Gasteiger partial charge >= 0.3 is 0 Å². The summed E-state index contributed by atoms with van der Waals surface area (Å²) in [7, 11) is 1.78. The van der Waals surface area contributed by atoms with E-state index in [9.17, 15) is 0 Å². The van der Waals surface area contributed by atoms with Crippen molar-refractivity contribution in [1.82, 2.24) is 15.5 Å². The van der Waals surface area contributed by atoms with Crippen molar-refractivity contribution in [3.8, 4) is 6.07 Å². The number of nitriles is 1. The van der Waals surface area contributed by atoms with Crippen LogP contribution < -0.4 is 10.6 Å². The maximum absolute atomic E-state index is 8.93. The van der Waals surface area contributed by atoms with Crippen LogP contribution in [-0.4, -0.2) is 43.6 Å². The van der Waals surface area contributed by atoms with Crippen molar-refractivity contribution in [2.45, 2.75) is 32.4 Å². The largest absolute Gasteiger partial charge is 0.355 e. The first kappa shape index (κ1) is 19.7. The molecule has 0 radical (unpaired) electrons. The van der Waals surface area contributed by atoms with Gasteiger partial charge in [0, 0.05) is 26.2 Å². The molecular formula is C17H26IN5. The molecule has 1 saturated heterocycles. The van der Waals surface area contributed by atoms with Crippen LogP contribution in [0.4, 0.5) is 0 Å². The molecule has 0 aromatic heterocycles. The van der Waals surface area contributed by atoms with Gasteiger partial charge in [0.1, 0.15) is 0 Å². The van der Waals surface area contributed by atoms with Crippen molar-refractivity contribution < 1.29 is 0 Å². The number of nitrogens with zero attached hydrogens (tertiary/aromatic N) is 3. The van der Waals surface area contributed by atoms with E-state index in [1.54, 1.807) is 7.05 Å². The Morgan fingerprint density at radius 3 is 2.96 bits per heavy atom. The quantitative estimate of drug-likeness (QED) is 0.430. The third kappa shape index (κ3) is 5.99. The van der Waals surface area contributed by atoms with Gasteiger partial charge in [0.15, 0.2) is 5.96 Å². The van der Waals surface area contributed by atoms with Gasteiger partial charge in [-0.05, 0) is 43.6 Å². The highest BCUT2D eigenvalue weighted by Crippen LogP contribution is 2.15. The van der Waals surface area contributed by atoms with Gasteiger partial charge in [-0.1, -0.05) is 19.1 Å². The van der Waals surface area contributed by atoms with E-state index < -0.39 is 0 Å². The molecule has 23 heavy (non-hydrogen) atoms. The summed E-state index contributed by atoms with van der Waals surface area (Å²) in [5.74, 6) is 0.810. The van der Waals surface area contributed by atoms with Crippen LogP contribution in [0.2, 0.25) is 0 Å². The minimum atomic E-state index is 0. The van der Waals surface area contributed by atoms with Crippen molar-refractivity contribution in [1.29, 1.82) is 5.26 Å². The summed E-state index contributed by atoms with van der Waals surface area (Å²) in [5, 5.41) is 15.6. The molecule has 0 spiro atoms. The molecule has 1 aliphatic heterocycles. The molecule has 5 nitrogen and oxygen atoms in total. The lowest BCUT2D eigenvalue weighted by Gasteiger charge is -2.24. The Hall–Kier alpha value is -1.33.